The minimum Gasteiger partial charge on any atom is -0.343 e. The number of carbonyl (C=O) groups excluding carboxylic acids is 4. The second-order valence-corrected chi connectivity index (χ2v) is 23.1. The van der Waals surface area contributed by atoms with Crippen LogP contribution in [0.25, 0.3) is 155 Å². The van der Waals surface area contributed by atoms with Crippen LogP contribution in [0.4, 0.5) is 0 Å². The molecule has 0 fully saturated rings. The number of nitrogens with zero attached hydrogens (tertiary/aromatic N) is 16. The molecule has 0 radical (unpaired) electrons. The average Bonchev–Trinajstić information content (AvgIpc) is 1.09. The second kappa shape index (κ2) is 21.5. The number of aromatic nitrogens is 24. The molecule has 4 amide bonds. The van der Waals surface area contributed by atoms with Gasteiger partial charge in [0, 0.05) is 50.7 Å². The maximum atomic E-state index is 12.6. The van der Waals surface area contributed by atoms with Gasteiger partial charge in [-0.1, -0.05) is 48.6 Å². The van der Waals surface area contributed by atoms with Crippen LogP contribution in [0.1, 0.15) is 52.7 Å². The van der Waals surface area contributed by atoms with E-state index in [0.29, 0.717) is 141 Å². The monoisotopic (exact) mass is 1320 g/mol. The number of aromatic amines is 8. The zero-order valence-corrected chi connectivity index (χ0v) is 50.8. The highest BCUT2D eigenvalue weighted by molar-refractivity contribution is 6.33. The summed E-state index contributed by atoms with van der Waals surface area (Å²) < 4.78 is 3.51. The van der Waals surface area contributed by atoms with Crippen molar-refractivity contribution < 1.29 is 19.2 Å². The number of allylic oxidation sites excluding steroid dienone is 2. The highest BCUT2D eigenvalue weighted by Crippen LogP contribution is 2.35. The number of H-pyrrole nitrogens is 8. The van der Waals surface area contributed by atoms with Gasteiger partial charge in [0.05, 0.1) is 85.7 Å². The molecule has 0 saturated carbocycles. The largest absolute Gasteiger partial charge is 0.343 e. The molecule has 33 heteroatoms. The lowest BCUT2D eigenvalue weighted by Gasteiger charge is -2.22. The first kappa shape index (κ1) is 56.5. The molecule has 2 aliphatic heterocycles. The van der Waals surface area contributed by atoms with Gasteiger partial charge in [0.2, 0.25) is 11.6 Å². The fraction of sp³-hybridized carbons (Fsp3) is 0.0299. The number of carbonyl (C=O) groups is 4. The van der Waals surface area contributed by atoms with Crippen LogP contribution in [-0.2, 0) is 12.8 Å². The van der Waals surface area contributed by atoms with Gasteiger partial charge in [-0.3, -0.25) is 58.6 Å². The van der Waals surface area contributed by atoms with E-state index < -0.39 is 23.6 Å². The van der Waals surface area contributed by atoms with Gasteiger partial charge in [-0.05, 0) is 67.1 Å². The zero-order chi connectivity index (χ0) is 67.2. The maximum Gasteiger partial charge on any atom is 0.267 e. The summed E-state index contributed by atoms with van der Waals surface area (Å²) in [5.41, 5.74) is 17.9. The number of fused-ring (bicyclic) bond motifs is 24. The molecule has 1 aliphatic carbocycles. The van der Waals surface area contributed by atoms with Gasteiger partial charge in [-0.25, -0.2) is 74.2 Å². The van der Waals surface area contributed by atoms with Gasteiger partial charge in [-0.2, -0.15) is 0 Å². The number of para-hydroxylation sites is 4. The molecule has 0 spiro atoms. The number of nitrogens with one attached hydrogen (secondary N) is 10. The van der Waals surface area contributed by atoms with Gasteiger partial charge in [-0.15, -0.1) is 0 Å². The SMILES string of the molecule is O=C1NC(=O)c2ccc3c4c(ccc1c24)C(=O)NC3=O.O=c1[nH]c2nc3ccccc3c(=O)n2c2c1CC=CC2.O=c1[nH]c2nc3ccccc3n2c2ccccc12.c1nc2c3nc[nH]c3c3[nH]cnc3c2[nH]1.c1nc2nc3c4nc5ncnc5nc4c4[nH]c5[nH]cnc5[nH]c4c3nc2n1. The smallest absolute Gasteiger partial charge is 0.267 e. The third-order valence-corrected chi connectivity index (χ3v) is 17.6. The van der Waals surface area contributed by atoms with Crippen molar-refractivity contribution in [1.82, 2.24) is 129 Å². The first-order valence-corrected chi connectivity index (χ1v) is 30.6. The summed E-state index contributed by atoms with van der Waals surface area (Å²) in [7, 11) is 0. The van der Waals surface area contributed by atoms with Gasteiger partial charge in [0.1, 0.15) is 51.3 Å². The Labute approximate surface area is 549 Å². The van der Waals surface area contributed by atoms with E-state index in [4.69, 9.17) is 0 Å². The highest BCUT2D eigenvalue weighted by atomic mass is 16.2. The molecule has 0 bridgehead atoms. The van der Waals surface area contributed by atoms with Crippen molar-refractivity contribution in [1.29, 1.82) is 0 Å². The lowest BCUT2D eigenvalue weighted by Crippen LogP contribution is -2.38. The topological polar surface area (TPSA) is 459 Å². The Bertz CT molecular complexity index is 6580. The number of amides is 4. The van der Waals surface area contributed by atoms with E-state index in [1.807, 2.05) is 77.2 Å². The summed E-state index contributed by atoms with van der Waals surface area (Å²) in [4.78, 5) is 170. The van der Waals surface area contributed by atoms with Crippen LogP contribution < -0.4 is 27.3 Å². The molecule has 100 heavy (non-hydrogen) atoms. The lowest BCUT2D eigenvalue weighted by molar-refractivity contribution is 0.0823. The Hall–Kier alpha value is -15.1. The molecular formula is C67H38N26O7. The first-order valence-electron chi connectivity index (χ1n) is 30.6. The summed E-state index contributed by atoms with van der Waals surface area (Å²) in [5.74, 6) is -1.20. The molecular weight excluding hydrogens is 1280 g/mol. The fourth-order valence-electron chi connectivity index (χ4n) is 13.2. The Balaban J connectivity index is 0.0000000882. The number of benzene rings is 7. The molecule has 23 rings (SSSR count). The van der Waals surface area contributed by atoms with Crippen LogP contribution >= 0.6 is 0 Å². The van der Waals surface area contributed by atoms with E-state index in [-0.39, 0.29) is 16.7 Å². The van der Waals surface area contributed by atoms with Crippen LogP contribution in [0.15, 0.2) is 162 Å². The zero-order valence-electron chi connectivity index (χ0n) is 50.8. The van der Waals surface area contributed by atoms with Crippen LogP contribution in [0.2, 0.25) is 0 Å². The Morgan fingerprint density at radius 1 is 0.360 bits per heavy atom. The van der Waals surface area contributed by atoms with Crippen molar-refractivity contribution in [2.75, 3.05) is 0 Å². The summed E-state index contributed by atoms with van der Waals surface area (Å²) >= 11 is 0. The van der Waals surface area contributed by atoms with Gasteiger partial charge >= 0.3 is 0 Å². The van der Waals surface area contributed by atoms with Gasteiger partial charge in [0.25, 0.3) is 40.3 Å². The van der Waals surface area contributed by atoms with Crippen LogP contribution in [0, 0.1) is 0 Å². The molecule has 7 aromatic carbocycles. The first-order chi connectivity index (χ1) is 49.0. The average molecular weight is 1320 g/mol. The summed E-state index contributed by atoms with van der Waals surface area (Å²) in [5, 5.41) is 6.44. The summed E-state index contributed by atoms with van der Waals surface area (Å²) in [6.07, 6.45) is 14.5. The third kappa shape index (κ3) is 8.57. The normalized spacial score (nSPS) is 13.2. The predicted octanol–water partition coefficient (Wildman–Crippen LogP) is 6.59. The van der Waals surface area contributed by atoms with Crippen LogP contribution in [0.3, 0.4) is 0 Å². The van der Waals surface area contributed by atoms with Crippen molar-refractivity contribution in [2.24, 2.45) is 0 Å². The van der Waals surface area contributed by atoms with Gasteiger partial charge < -0.3 is 29.9 Å². The molecule has 3 aliphatic rings. The summed E-state index contributed by atoms with van der Waals surface area (Å²) in [6, 6.07) is 28.5. The molecule has 478 valence electrons. The second-order valence-electron chi connectivity index (χ2n) is 23.1. The number of rotatable bonds is 0. The molecule has 33 nitrogen and oxygen atoms in total. The van der Waals surface area contributed by atoms with E-state index in [2.05, 4.69) is 120 Å². The van der Waals surface area contributed by atoms with Gasteiger partial charge in [0.15, 0.2) is 33.9 Å². The Morgan fingerprint density at radius 2 is 0.840 bits per heavy atom. The van der Waals surface area contributed by atoms with E-state index in [9.17, 15) is 33.6 Å². The molecule has 20 aromatic rings. The molecule has 0 saturated heterocycles. The summed E-state index contributed by atoms with van der Waals surface area (Å²) in [6.45, 7) is 0. The number of hydrogen-bond acceptors (Lipinski definition) is 21. The van der Waals surface area contributed by atoms with Crippen LogP contribution in [0.5, 0.6) is 0 Å². The molecule has 13 aromatic heterocycles. The van der Waals surface area contributed by atoms with E-state index in [1.54, 1.807) is 37.4 Å². The molecule has 0 unspecified atom stereocenters. The highest BCUT2D eigenvalue weighted by Gasteiger charge is 2.33. The van der Waals surface area contributed by atoms with Crippen molar-refractivity contribution in [2.45, 2.75) is 12.8 Å². The minimum absolute atomic E-state index is 0.103. The fourth-order valence-corrected chi connectivity index (χ4v) is 13.2. The molecule has 15 heterocycles. The van der Waals surface area contributed by atoms with Crippen LogP contribution in [-0.4, -0.2) is 142 Å². The Morgan fingerprint density at radius 3 is 1.48 bits per heavy atom. The van der Waals surface area contributed by atoms with E-state index >= 15 is 0 Å². The van der Waals surface area contributed by atoms with Crippen molar-refractivity contribution in [3.8, 4) is 0 Å². The number of hydrogen-bond donors (Lipinski definition) is 10. The number of imide groups is 2. The maximum absolute atomic E-state index is 12.6. The lowest BCUT2D eigenvalue weighted by atomic mass is 9.87. The molecule has 10 N–H and O–H groups in total. The van der Waals surface area contributed by atoms with Crippen molar-refractivity contribution in [3.63, 3.8) is 0 Å². The van der Waals surface area contributed by atoms with Crippen molar-refractivity contribution in [3.05, 3.63) is 212 Å². The van der Waals surface area contributed by atoms with E-state index in [0.717, 1.165) is 61.0 Å². The Kier molecular flexibility index (Phi) is 12.1. The van der Waals surface area contributed by atoms with Crippen molar-refractivity contribution >= 4 is 179 Å². The number of imidazole rings is 7. The standard InChI is InChI=1S/C15H6N12.C15H11N3O2.C14H9N3O.C14H6N2O4.C9H6N6/c1-16-10-11(17-1)23-5-4(22-10)6-8(26-14-12(24-6)18-2-20-14)9-7(5)25-13-15(27-9)21-3-19-13;19-13-10-6-2-4-8-12(10)18-14(20)9-5-1-3-7-11(9)16-15(18)17-13;18-13-9-5-1-3-7-11(9)17-12-8-4-2-6-10(12)15-14(17)16-13;17-11-5-1-2-6-10-8(14(20)16-12(6)18)4-3-7(9(5)10)13(19)15-11;1-10-4-5(11-1)7-9(15-3-13-7)8-6(4)12-2-14-8/h1-3,22-23H,(H,16,17);1-5,7H,6,8H2,(H,16,17,19);1-8H,(H,15,16,18);1-4H,(H,15,17,19)(H,16,18,20);1-3H,(H,10,11)(H,12,14)(H,13,15). The molecule has 0 atom stereocenters. The van der Waals surface area contributed by atoms with E-state index in [1.165, 1.54) is 41.3 Å². The minimum atomic E-state index is -0.523. The predicted molar refractivity (Wildman–Crippen MR) is 365 cm³/mol. The third-order valence-electron chi connectivity index (χ3n) is 17.6. The quantitative estimate of drug-likeness (QED) is 0.0331.